The molecule has 1 N–H and O–H groups in total. The molecule has 3 rings (SSSR count). The van der Waals surface area contributed by atoms with Crippen LogP contribution in [-0.2, 0) is 23.2 Å². The summed E-state index contributed by atoms with van der Waals surface area (Å²) in [5.41, 5.74) is 2.77. The summed E-state index contributed by atoms with van der Waals surface area (Å²) in [7, 11) is 0. The summed E-state index contributed by atoms with van der Waals surface area (Å²) in [5, 5.41) is 10.6. The minimum atomic E-state index is -0.555. The zero-order valence-corrected chi connectivity index (χ0v) is 13.0. The van der Waals surface area contributed by atoms with Crippen molar-refractivity contribution in [1.82, 2.24) is 0 Å². The van der Waals surface area contributed by atoms with Crippen LogP contribution in [0.3, 0.4) is 0 Å². The van der Waals surface area contributed by atoms with Crippen molar-refractivity contribution >= 4 is 22.0 Å². The van der Waals surface area contributed by atoms with Gasteiger partial charge in [-0.05, 0) is 71.6 Å². The molecule has 0 bridgehead atoms. The van der Waals surface area contributed by atoms with Crippen molar-refractivity contribution in [2.75, 3.05) is 0 Å². The molecule has 106 valence electrons. The number of nitrogens with zero attached hydrogens (tertiary/aromatic N) is 1. The van der Waals surface area contributed by atoms with Crippen LogP contribution < -0.4 is 0 Å². The molecule has 1 aromatic rings. The monoisotopic (exact) mass is 335 g/mol. The summed E-state index contributed by atoms with van der Waals surface area (Å²) in [6, 6.07) is 2.08. The van der Waals surface area contributed by atoms with Crippen molar-refractivity contribution in [3.8, 4) is 5.75 Å². The topological polar surface area (TPSA) is 49.7 Å². The third-order valence-electron chi connectivity index (χ3n) is 4.75. The molecule has 1 aromatic carbocycles. The molecule has 0 spiro atoms. The van der Waals surface area contributed by atoms with Gasteiger partial charge in [-0.2, -0.15) is 4.99 Å². The normalized spacial score (nSPS) is 20.2. The van der Waals surface area contributed by atoms with E-state index >= 15 is 0 Å². The maximum absolute atomic E-state index is 10.8. The minimum Gasteiger partial charge on any atom is -0.506 e. The van der Waals surface area contributed by atoms with Crippen LogP contribution in [0.2, 0.25) is 0 Å². The lowest BCUT2D eigenvalue weighted by Gasteiger charge is -2.28. The Balaban J connectivity index is 2.18. The van der Waals surface area contributed by atoms with Crippen molar-refractivity contribution in [1.29, 1.82) is 0 Å². The van der Waals surface area contributed by atoms with E-state index in [0.29, 0.717) is 0 Å². The van der Waals surface area contributed by atoms with Gasteiger partial charge in [0.15, 0.2) is 0 Å². The van der Waals surface area contributed by atoms with E-state index in [9.17, 15) is 9.90 Å². The van der Waals surface area contributed by atoms with E-state index in [0.717, 1.165) is 48.6 Å². The SMILES string of the molecule is O=C=NC1(c2cc3c(c(Br)c2O)CCCC3)CCCC1. The molecule has 20 heavy (non-hydrogen) atoms. The standard InChI is InChI=1S/C16H18BrNO2/c17-14-12-6-2-1-5-11(12)9-13(15(14)20)16(18-10-19)7-3-4-8-16/h9,20H,1-8H2. The number of aromatic hydroxyl groups is 1. The molecule has 0 aromatic heterocycles. The molecule has 3 nitrogen and oxygen atoms in total. The second-order valence-corrected chi connectivity index (χ2v) is 6.67. The van der Waals surface area contributed by atoms with Gasteiger partial charge in [0.1, 0.15) is 11.3 Å². The highest BCUT2D eigenvalue weighted by Crippen LogP contribution is 2.49. The minimum absolute atomic E-state index is 0.270. The van der Waals surface area contributed by atoms with Crippen LogP contribution in [-0.4, -0.2) is 11.2 Å². The Morgan fingerprint density at radius 2 is 1.90 bits per heavy atom. The number of fused-ring (bicyclic) bond motifs is 1. The Kier molecular flexibility index (Phi) is 3.70. The fraction of sp³-hybridized carbons (Fsp3) is 0.562. The van der Waals surface area contributed by atoms with E-state index in [2.05, 4.69) is 27.0 Å². The van der Waals surface area contributed by atoms with Gasteiger partial charge in [-0.25, -0.2) is 4.79 Å². The molecule has 4 heteroatoms. The molecule has 2 aliphatic rings. The van der Waals surface area contributed by atoms with E-state index in [1.807, 2.05) is 0 Å². The molecule has 1 saturated carbocycles. The lowest BCUT2D eigenvalue weighted by molar-refractivity contribution is 0.404. The molecule has 0 aliphatic heterocycles. The number of rotatable bonds is 2. The molecule has 0 saturated heterocycles. The van der Waals surface area contributed by atoms with Gasteiger partial charge >= 0.3 is 0 Å². The number of benzene rings is 1. The number of hydrogen-bond acceptors (Lipinski definition) is 3. The van der Waals surface area contributed by atoms with Gasteiger partial charge in [0.25, 0.3) is 0 Å². The third-order valence-corrected chi connectivity index (χ3v) is 5.60. The zero-order valence-electron chi connectivity index (χ0n) is 11.4. The van der Waals surface area contributed by atoms with Gasteiger partial charge in [0, 0.05) is 5.56 Å². The Hall–Kier alpha value is -1.12. The van der Waals surface area contributed by atoms with Crippen LogP contribution in [0, 0.1) is 0 Å². The molecule has 1 fully saturated rings. The van der Waals surface area contributed by atoms with E-state index in [-0.39, 0.29) is 5.75 Å². The number of aliphatic imine (C=N–C) groups is 1. The van der Waals surface area contributed by atoms with Crippen LogP contribution in [0.25, 0.3) is 0 Å². The zero-order chi connectivity index (χ0) is 14.2. The van der Waals surface area contributed by atoms with E-state index in [1.54, 1.807) is 6.08 Å². The number of aryl methyl sites for hydroxylation is 1. The maximum atomic E-state index is 10.8. The van der Waals surface area contributed by atoms with Crippen LogP contribution in [0.5, 0.6) is 5.75 Å². The Labute approximate surface area is 127 Å². The summed E-state index contributed by atoms with van der Waals surface area (Å²) in [6.07, 6.45) is 9.86. The average Bonchev–Trinajstić information content (AvgIpc) is 2.93. The first-order valence-electron chi connectivity index (χ1n) is 7.31. The molecule has 0 unspecified atom stereocenters. The number of isocyanates is 1. The Morgan fingerprint density at radius 1 is 1.20 bits per heavy atom. The van der Waals surface area contributed by atoms with Crippen molar-refractivity contribution < 1.29 is 9.90 Å². The summed E-state index contributed by atoms with van der Waals surface area (Å²) < 4.78 is 0.803. The van der Waals surface area contributed by atoms with Crippen molar-refractivity contribution in [3.05, 3.63) is 27.2 Å². The fourth-order valence-corrected chi connectivity index (χ4v) is 4.35. The van der Waals surface area contributed by atoms with E-state index in [4.69, 9.17) is 0 Å². The van der Waals surface area contributed by atoms with Crippen molar-refractivity contribution in [3.63, 3.8) is 0 Å². The average molecular weight is 336 g/mol. The highest BCUT2D eigenvalue weighted by molar-refractivity contribution is 9.10. The predicted molar refractivity (Wildman–Crippen MR) is 80.7 cm³/mol. The first-order valence-corrected chi connectivity index (χ1v) is 8.10. The van der Waals surface area contributed by atoms with Gasteiger partial charge in [0.2, 0.25) is 6.08 Å². The van der Waals surface area contributed by atoms with Gasteiger partial charge < -0.3 is 5.11 Å². The molecule has 0 radical (unpaired) electrons. The molecule has 0 amide bonds. The fourth-order valence-electron chi connectivity index (χ4n) is 3.69. The molecular formula is C16H18BrNO2. The summed E-state index contributed by atoms with van der Waals surface area (Å²) in [6.45, 7) is 0. The summed E-state index contributed by atoms with van der Waals surface area (Å²) >= 11 is 3.55. The third kappa shape index (κ3) is 2.11. The van der Waals surface area contributed by atoms with Crippen LogP contribution in [0.4, 0.5) is 0 Å². The van der Waals surface area contributed by atoms with Gasteiger partial charge in [0.05, 0.1) is 4.47 Å². The molecule has 2 aliphatic carbocycles. The first kappa shape index (κ1) is 13.8. The molecule has 0 atom stereocenters. The smallest absolute Gasteiger partial charge is 0.235 e. The lowest BCUT2D eigenvalue weighted by atomic mass is 9.82. The van der Waals surface area contributed by atoms with Crippen LogP contribution in [0.1, 0.15) is 55.2 Å². The summed E-state index contributed by atoms with van der Waals surface area (Å²) in [5.74, 6) is 0.270. The van der Waals surface area contributed by atoms with E-state index < -0.39 is 5.54 Å². The number of hydrogen-bond donors (Lipinski definition) is 1. The number of phenolic OH excluding ortho intramolecular Hbond substituents is 1. The Morgan fingerprint density at radius 3 is 2.60 bits per heavy atom. The number of phenols is 1. The molecular weight excluding hydrogens is 318 g/mol. The molecule has 0 heterocycles. The number of halogens is 1. The second kappa shape index (κ2) is 5.34. The maximum Gasteiger partial charge on any atom is 0.235 e. The first-order chi connectivity index (χ1) is 9.68. The Bertz CT molecular complexity index is 585. The van der Waals surface area contributed by atoms with Gasteiger partial charge in [-0.3, -0.25) is 0 Å². The predicted octanol–water partition coefficient (Wildman–Crippen LogP) is 4.14. The largest absolute Gasteiger partial charge is 0.506 e. The highest BCUT2D eigenvalue weighted by atomic mass is 79.9. The van der Waals surface area contributed by atoms with E-state index in [1.165, 1.54) is 24.0 Å². The highest BCUT2D eigenvalue weighted by Gasteiger charge is 2.39. The summed E-state index contributed by atoms with van der Waals surface area (Å²) in [4.78, 5) is 14.9. The lowest BCUT2D eigenvalue weighted by Crippen LogP contribution is -2.20. The van der Waals surface area contributed by atoms with Crippen molar-refractivity contribution in [2.45, 2.75) is 56.9 Å². The quantitative estimate of drug-likeness (QED) is 0.652. The van der Waals surface area contributed by atoms with Crippen molar-refractivity contribution in [2.24, 2.45) is 4.99 Å². The number of carbonyl (C=O) groups excluding carboxylic acids is 1. The van der Waals surface area contributed by atoms with Gasteiger partial charge in [-0.1, -0.05) is 12.8 Å². The van der Waals surface area contributed by atoms with Gasteiger partial charge in [-0.15, -0.1) is 0 Å². The van der Waals surface area contributed by atoms with Crippen LogP contribution in [0.15, 0.2) is 15.5 Å². The van der Waals surface area contributed by atoms with Crippen LogP contribution >= 0.6 is 15.9 Å². The second-order valence-electron chi connectivity index (χ2n) is 5.87.